The Morgan fingerprint density at radius 2 is 0.783 bits per heavy atom. The molecule has 0 atom stereocenters. The van der Waals surface area contributed by atoms with Crippen LogP contribution >= 0.6 is 0 Å². The van der Waals surface area contributed by atoms with Crippen molar-refractivity contribution in [3.8, 4) is 11.4 Å². The Balaban J connectivity index is 0.000000181. The minimum Gasteiger partial charge on any atom is -0.399 e. The van der Waals surface area contributed by atoms with Gasteiger partial charge in [0.25, 0.3) is 11.1 Å². The molecule has 0 N–H and O–H groups in total. The molecule has 0 saturated carbocycles. The van der Waals surface area contributed by atoms with Gasteiger partial charge in [0.15, 0.2) is 0 Å². The van der Waals surface area contributed by atoms with Gasteiger partial charge < -0.3 is 18.6 Å². The summed E-state index contributed by atoms with van der Waals surface area (Å²) in [6.45, 7) is 19.3. The molecule has 0 spiro atoms. The third-order valence-corrected chi connectivity index (χ3v) is 12.7. The number of para-hydroxylation sites is 2. The van der Waals surface area contributed by atoms with Gasteiger partial charge in [0, 0.05) is 14.1 Å². The Hall–Kier alpha value is -5.41. The molecule has 2 saturated heterocycles. The highest BCUT2D eigenvalue weighted by atomic mass is 19.1. The average Bonchev–Trinajstić information content (AvgIpc) is 3.53. The first-order chi connectivity index (χ1) is 27.9. The van der Waals surface area contributed by atoms with E-state index in [1.807, 2.05) is 81.4 Å². The zero-order valence-corrected chi connectivity index (χ0v) is 35.9. The molecule has 8 rings (SSSR count). The van der Waals surface area contributed by atoms with Crippen molar-refractivity contribution in [2.24, 2.45) is 14.1 Å². The van der Waals surface area contributed by atoms with E-state index < -0.39 is 70.8 Å². The molecule has 4 aromatic carbocycles. The van der Waals surface area contributed by atoms with E-state index in [9.17, 15) is 28.0 Å². The lowest BCUT2D eigenvalue weighted by Gasteiger charge is -2.32. The fourth-order valence-corrected chi connectivity index (χ4v) is 7.61. The molecular weight excluding hydrogens is 772 g/mol. The second kappa shape index (κ2) is 14.6. The Morgan fingerprint density at radius 3 is 1.10 bits per heavy atom. The number of hydrogen-bond acceptors (Lipinski definition) is 8. The molecule has 0 bridgehead atoms. The van der Waals surface area contributed by atoms with Crippen LogP contribution in [-0.2, 0) is 32.7 Å². The summed E-state index contributed by atoms with van der Waals surface area (Å²) in [4.78, 5) is 52.4. The summed E-state index contributed by atoms with van der Waals surface area (Å²) in [5.74, 6) is -1.22. The second-order valence-corrected chi connectivity index (χ2v) is 17.4. The van der Waals surface area contributed by atoms with Crippen molar-refractivity contribution in [1.29, 1.82) is 0 Å². The lowest BCUT2D eigenvalue weighted by molar-refractivity contribution is 0.00578. The number of nitrogens with zero attached hydrogens (tertiary/aromatic N) is 4. The van der Waals surface area contributed by atoms with Crippen molar-refractivity contribution in [3.05, 3.63) is 137 Å². The van der Waals surface area contributed by atoms with Crippen LogP contribution in [0.3, 0.4) is 0 Å². The van der Waals surface area contributed by atoms with E-state index in [1.165, 1.54) is 50.5 Å². The zero-order valence-electron chi connectivity index (χ0n) is 35.9. The predicted molar refractivity (Wildman–Crippen MR) is 230 cm³/mol. The van der Waals surface area contributed by atoms with Crippen LogP contribution in [0.5, 0.6) is 0 Å². The summed E-state index contributed by atoms with van der Waals surface area (Å²) in [7, 11) is 1.65. The first-order valence-corrected chi connectivity index (χ1v) is 19.6. The number of aromatic nitrogens is 4. The highest BCUT2D eigenvalue weighted by Crippen LogP contribution is 2.38. The average molecular weight is 821 g/mol. The van der Waals surface area contributed by atoms with Gasteiger partial charge in [0.2, 0.25) is 0 Å². The summed E-state index contributed by atoms with van der Waals surface area (Å²) < 4.78 is 57.7. The van der Waals surface area contributed by atoms with E-state index in [4.69, 9.17) is 18.6 Å². The summed E-state index contributed by atoms with van der Waals surface area (Å²) >= 11 is 0. The number of aryl methyl sites for hydroxylation is 2. The molecule has 0 aliphatic carbocycles. The van der Waals surface area contributed by atoms with E-state index in [0.717, 1.165) is 29.2 Å². The summed E-state index contributed by atoms with van der Waals surface area (Å²) in [5, 5.41) is 0.273. The van der Waals surface area contributed by atoms with E-state index >= 15 is 0 Å². The van der Waals surface area contributed by atoms with Gasteiger partial charge in [0.05, 0.1) is 55.6 Å². The van der Waals surface area contributed by atoms with Crippen molar-refractivity contribution in [2.45, 2.75) is 91.6 Å². The molecule has 6 aromatic rings. The fraction of sp³-hybridized carbons (Fsp3) is 0.364. The van der Waals surface area contributed by atoms with Crippen LogP contribution in [0.2, 0.25) is 0 Å². The maximum atomic E-state index is 14.3. The van der Waals surface area contributed by atoms with Crippen LogP contribution in [0.15, 0.2) is 92.0 Å². The zero-order chi connectivity index (χ0) is 44.0. The lowest BCUT2D eigenvalue weighted by atomic mass is 9.76. The number of halogens is 2. The van der Waals surface area contributed by atoms with E-state index in [2.05, 4.69) is 0 Å². The van der Waals surface area contributed by atoms with Crippen molar-refractivity contribution in [2.75, 3.05) is 0 Å². The smallest absolute Gasteiger partial charge is 0.399 e. The highest BCUT2D eigenvalue weighted by Gasteiger charge is 2.53. The fourth-order valence-electron chi connectivity index (χ4n) is 7.61. The molecular formula is C44H48B2F2N4O8. The number of benzene rings is 4. The normalized spacial score (nSPS) is 17.6. The third kappa shape index (κ3) is 6.70. The standard InChI is InChI=1S/2C22H24BFN2O4/c2*1-13-15(23-29-21(2,3)22(4,5)30-23)10-8-12-17(13)26-19(27)14-9-7-11-16(24)18(14)25(6)20(26)28/h2*7-12H,1-6H3. The van der Waals surface area contributed by atoms with Crippen LogP contribution in [-0.4, -0.2) is 54.9 Å². The molecule has 2 aliphatic rings. The monoisotopic (exact) mass is 820 g/mol. The highest BCUT2D eigenvalue weighted by molar-refractivity contribution is 6.63. The molecule has 2 aliphatic heterocycles. The Kier molecular flexibility index (Phi) is 10.4. The largest absolute Gasteiger partial charge is 0.495 e. The Morgan fingerprint density at radius 1 is 0.483 bits per heavy atom. The molecule has 0 radical (unpaired) electrons. The first-order valence-electron chi connectivity index (χ1n) is 19.6. The number of fused-ring (bicyclic) bond motifs is 2. The van der Waals surface area contributed by atoms with Gasteiger partial charge in [-0.05, 0) is 128 Å². The van der Waals surface area contributed by atoms with Crippen LogP contribution in [0, 0.1) is 25.5 Å². The van der Waals surface area contributed by atoms with Crippen molar-refractivity contribution >= 4 is 47.0 Å². The molecule has 312 valence electrons. The molecule has 2 aromatic heterocycles. The van der Waals surface area contributed by atoms with Gasteiger partial charge in [-0.25, -0.2) is 27.5 Å². The van der Waals surface area contributed by atoms with Gasteiger partial charge in [-0.3, -0.25) is 18.7 Å². The Labute approximate surface area is 346 Å². The molecule has 2 fully saturated rings. The second-order valence-electron chi connectivity index (χ2n) is 17.4. The van der Waals surface area contributed by atoms with Gasteiger partial charge in [-0.2, -0.15) is 0 Å². The molecule has 0 unspecified atom stereocenters. The molecule has 16 heteroatoms. The van der Waals surface area contributed by atoms with E-state index in [0.29, 0.717) is 22.5 Å². The van der Waals surface area contributed by atoms with Crippen LogP contribution in [0.25, 0.3) is 33.2 Å². The van der Waals surface area contributed by atoms with E-state index in [1.54, 1.807) is 24.3 Å². The third-order valence-electron chi connectivity index (χ3n) is 12.7. The van der Waals surface area contributed by atoms with Gasteiger partial charge >= 0.3 is 25.6 Å². The number of rotatable bonds is 4. The number of hydrogen-bond donors (Lipinski definition) is 0. The van der Waals surface area contributed by atoms with Crippen molar-refractivity contribution < 1.29 is 27.4 Å². The van der Waals surface area contributed by atoms with Crippen molar-refractivity contribution in [3.63, 3.8) is 0 Å². The van der Waals surface area contributed by atoms with Gasteiger partial charge in [-0.1, -0.05) is 36.4 Å². The quantitative estimate of drug-likeness (QED) is 0.231. The topological polar surface area (TPSA) is 125 Å². The lowest BCUT2D eigenvalue weighted by Crippen LogP contribution is -2.41. The van der Waals surface area contributed by atoms with Crippen LogP contribution in [0.4, 0.5) is 8.78 Å². The van der Waals surface area contributed by atoms with Crippen molar-refractivity contribution in [1.82, 2.24) is 18.3 Å². The van der Waals surface area contributed by atoms with Gasteiger partial charge in [-0.15, -0.1) is 0 Å². The maximum absolute atomic E-state index is 14.3. The summed E-state index contributed by atoms with van der Waals surface area (Å²) in [6.07, 6.45) is 0. The van der Waals surface area contributed by atoms with Crippen LogP contribution in [0.1, 0.15) is 66.5 Å². The minimum absolute atomic E-state index is 0.0106. The summed E-state index contributed by atoms with van der Waals surface area (Å²) in [5.41, 5.74) is -0.801. The summed E-state index contributed by atoms with van der Waals surface area (Å²) in [6, 6.07) is 19.0. The Bertz CT molecular complexity index is 2750. The van der Waals surface area contributed by atoms with Gasteiger partial charge in [0.1, 0.15) is 11.6 Å². The maximum Gasteiger partial charge on any atom is 0.495 e. The molecule has 4 heterocycles. The van der Waals surface area contributed by atoms with E-state index in [-0.39, 0.29) is 21.8 Å². The molecule has 60 heavy (non-hydrogen) atoms. The minimum atomic E-state index is -0.632. The SMILES string of the molecule is Cc1c(B2OC(C)(C)C(C)(C)O2)cccc1-n1c(=O)c2cccc(F)c2n(C)c1=O.Cc1c(B2OC(C)(C)C(C)(C)O2)cccc1-n1c(=O)c2cccc(F)c2n(C)c1=O. The molecule has 12 nitrogen and oxygen atoms in total. The van der Waals surface area contributed by atoms with Crippen LogP contribution < -0.4 is 33.4 Å². The molecule has 0 amide bonds. The predicted octanol–water partition coefficient (Wildman–Crippen LogP) is 4.87. The first kappa shape index (κ1) is 42.7.